The molecule has 0 spiro atoms. The zero-order valence-corrected chi connectivity index (χ0v) is 17.0. The summed E-state index contributed by atoms with van der Waals surface area (Å²) in [5.41, 5.74) is 11.4. The largest absolute Gasteiger partial charge is 0.478 e. The van der Waals surface area contributed by atoms with Crippen LogP contribution in [-0.4, -0.2) is 16.1 Å². The van der Waals surface area contributed by atoms with Crippen molar-refractivity contribution < 1.29 is 9.90 Å². The van der Waals surface area contributed by atoms with Crippen LogP contribution in [0.15, 0.2) is 42.6 Å². The molecule has 5 heteroatoms. The van der Waals surface area contributed by atoms with Gasteiger partial charge in [0.2, 0.25) is 0 Å². The molecule has 0 atom stereocenters. The molecule has 0 aliphatic heterocycles. The van der Waals surface area contributed by atoms with Gasteiger partial charge in [0.05, 0.1) is 11.3 Å². The second-order valence-electron chi connectivity index (χ2n) is 8.13. The van der Waals surface area contributed by atoms with Crippen LogP contribution in [0, 0.1) is 5.41 Å². The molecule has 28 heavy (non-hydrogen) atoms. The summed E-state index contributed by atoms with van der Waals surface area (Å²) in [7, 11) is 0. The normalized spacial score (nSPS) is 15.2. The SMILES string of the molecule is CC1(C)CCc2sc(-c3ccc(-c4cccnc4CN)cc3)c(C(=O)O)c2C1. The van der Waals surface area contributed by atoms with Crippen LogP contribution in [0.5, 0.6) is 0 Å². The fourth-order valence-electron chi connectivity index (χ4n) is 4.01. The van der Waals surface area contributed by atoms with Crippen LogP contribution in [0.2, 0.25) is 0 Å². The third-order valence-electron chi connectivity index (χ3n) is 5.53. The maximum atomic E-state index is 12.1. The van der Waals surface area contributed by atoms with Gasteiger partial charge in [0.25, 0.3) is 0 Å². The summed E-state index contributed by atoms with van der Waals surface area (Å²) in [4.78, 5) is 18.5. The fourth-order valence-corrected chi connectivity index (χ4v) is 5.33. The van der Waals surface area contributed by atoms with E-state index in [-0.39, 0.29) is 5.41 Å². The molecule has 0 amide bonds. The van der Waals surface area contributed by atoms with Crippen molar-refractivity contribution in [1.29, 1.82) is 0 Å². The van der Waals surface area contributed by atoms with Crippen LogP contribution >= 0.6 is 11.3 Å². The molecule has 0 saturated heterocycles. The number of nitrogens with two attached hydrogens (primary N) is 1. The number of carboxylic acid groups (broad SMARTS) is 1. The number of benzene rings is 1. The standard InChI is InChI=1S/C23H24N2O2S/c1-23(2)10-9-19-17(12-23)20(22(26)27)21(28-19)15-7-5-14(6-8-15)16-4-3-11-25-18(16)13-24/h3-8,11H,9-10,12-13,24H2,1-2H3,(H,26,27). The van der Waals surface area contributed by atoms with Crippen molar-refractivity contribution >= 4 is 17.3 Å². The van der Waals surface area contributed by atoms with E-state index in [0.717, 1.165) is 52.1 Å². The minimum absolute atomic E-state index is 0.151. The Hall–Kier alpha value is -2.50. The number of carboxylic acids is 1. The lowest BCUT2D eigenvalue weighted by Crippen LogP contribution is -2.22. The maximum absolute atomic E-state index is 12.1. The number of fused-ring (bicyclic) bond motifs is 1. The molecule has 1 aromatic carbocycles. The van der Waals surface area contributed by atoms with Crippen molar-refractivity contribution in [3.8, 4) is 21.6 Å². The molecule has 0 bridgehead atoms. The lowest BCUT2D eigenvalue weighted by Gasteiger charge is -2.29. The Morgan fingerprint density at radius 1 is 1.21 bits per heavy atom. The van der Waals surface area contributed by atoms with E-state index in [1.165, 1.54) is 4.88 Å². The third-order valence-corrected chi connectivity index (χ3v) is 6.87. The highest BCUT2D eigenvalue weighted by atomic mass is 32.1. The second-order valence-corrected chi connectivity index (χ2v) is 9.24. The summed E-state index contributed by atoms with van der Waals surface area (Å²) >= 11 is 1.64. The molecule has 0 saturated carbocycles. The Morgan fingerprint density at radius 2 is 1.93 bits per heavy atom. The first-order valence-corrected chi connectivity index (χ1v) is 10.3. The quantitative estimate of drug-likeness (QED) is 0.644. The van der Waals surface area contributed by atoms with Crippen molar-refractivity contribution in [3.63, 3.8) is 0 Å². The Balaban J connectivity index is 1.76. The van der Waals surface area contributed by atoms with Crippen molar-refractivity contribution in [2.45, 2.75) is 39.7 Å². The van der Waals surface area contributed by atoms with Gasteiger partial charge in [0, 0.05) is 28.1 Å². The van der Waals surface area contributed by atoms with Crippen molar-refractivity contribution in [2.24, 2.45) is 11.1 Å². The van der Waals surface area contributed by atoms with Crippen LogP contribution in [0.4, 0.5) is 0 Å². The highest BCUT2D eigenvalue weighted by Gasteiger charge is 2.32. The molecule has 3 aromatic rings. The number of aromatic nitrogens is 1. The second kappa shape index (κ2) is 7.15. The molecule has 4 rings (SSSR count). The average molecular weight is 393 g/mol. The molecule has 0 fully saturated rings. The molecular weight excluding hydrogens is 368 g/mol. The van der Waals surface area contributed by atoms with Crippen LogP contribution < -0.4 is 5.73 Å². The highest BCUT2D eigenvalue weighted by molar-refractivity contribution is 7.16. The minimum atomic E-state index is -0.827. The van der Waals surface area contributed by atoms with Crippen LogP contribution in [0.3, 0.4) is 0 Å². The minimum Gasteiger partial charge on any atom is -0.478 e. The van der Waals surface area contributed by atoms with E-state index < -0.39 is 5.97 Å². The summed E-state index contributed by atoms with van der Waals surface area (Å²) in [6.07, 6.45) is 4.63. The van der Waals surface area contributed by atoms with Gasteiger partial charge in [-0.3, -0.25) is 4.98 Å². The summed E-state index contributed by atoms with van der Waals surface area (Å²) in [5.74, 6) is -0.827. The maximum Gasteiger partial charge on any atom is 0.337 e. The number of hydrogen-bond acceptors (Lipinski definition) is 4. The van der Waals surface area contributed by atoms with Crippen molar-refractivity contribution in [1.82, 2.24) is 4.98 Å². The predicted octanol–water partition coefficient (Wildman–Crippen LogP) is 5.15. The Bertz CT molecular complexity index is 1040. The summed E-state index contributed by atoms with van der Waals surface area (Å²) in [5, 5.41) is 9.93. The van der Waals surface area contributed by atoms with Gasteiger partial charge in [0.15, 0.2) is 0 Å². The molecule has 1 aliphatic rings. The number of nitrogens with zero attached hydrogens (tertiary/aromatic N) is 1. The van der Waals surface area contributed by atoms with E-state index in [1.807, 2.05) is 36.4 Å². The van der Waals surface area contributed by atoms with Gasteiger partial charge < -0.3 is 10.8 Å². The van der Waals surface area contributed by atoms with Gasteiger partial charge >= 0.3 is 5.97 Å². The van der Waals surface area contributed by atoms with Gasteiger partial charge in [-0.1, -0.05) is 44.2 Å². The summed E-state index contributed by atoms with van der Waals surface area (Å²) < 4.78 is 0. The van der Waals surface area contributed by atoms with E-state index >= 15 is 0 Å². The van der Waals surface area contributed by atoms with Crippen molar-refractivity contribution in [3.05, 3.63) is 64.3 Å². The molecular formula is C23H24N2O2S. The zero-order chi connectivity index (χ0) is 19.9. The molecule has 1 aliphatic carbocycles. The van der Waals surface area contributed by atoms with Crippen LogP contribution in [-0.2, 0) is 19.4 Å². The van der Waals surface area contributed by atoms with Gasteiger partial charge in [-0.15, -0.1) is 11.3 Å². The first-order chi connectivity index (χ1) is 13.4. The first-order valence-electron chi connectivity index (χ1n) is 9.52. The predicted molar refractivity (Wildman–Crippen MR) is 114 cm³/mol. The van der Waals surface area contributed by atoms with E-state index in [9.17, 15) is 9.90 Å². The van der Waals surface area contributed by atoms with Crippen molar-refractivity contribution in [2.75, 3.05) is 0 Å². The smallest absolute Gasteiger partial charge is 0.337 e. The fraction of sp³-hybridized carbons (Fsp3) is 0.304. The highest BCUT2D eigenvalue weighted by Crippen LogP contribution is 2.45. The number of hydrogen-bond donors (Lipinski definition) is 2. The summed E-state index contributed by atoms with van der Waals surface area (Å²) in [6, 6.07) is 12.0. The first kappa shape index (κ1) is 18.8. The van der Waals surface area contributed by atoms with Crippen LogP contribution in [0.1, 0.15) is 46.8 Å². The molecule has 2 aromatic heterocycles. The Morgan fingerprint density at radius 3 is 2.61 bits per heavy atom. The molecule has 144 valence electrons. The number of aryl methyl sites for hydroxylation is 1. The Kier molecular flexibility index (Phi) is 4.81. The van der Waals surface area contributed by atoms with E-state index in [4.69, 9.17) is 5.73 Å². The lowest BCUT2D eigenvalue weighted by molar-refractivity contribution is 0.0696. The monoisotopic (exact) mass is 392 g/mol. The average Bonchev–Trinajstić information content (AvgIpc) is 3.05. The lowest BCUT2D eigenvalue weighted by atomic mass is 9.76. The van der Waals surface area contributed by atoms with Gasteiger partial charge in [-0.05, 0) is 47.4 Å². The van der Waals surface area contributed by atoms with E-state index in [0.29, 0.717) is 12.1 Å². The number of aromatic carboxylic acids is 1. The molecule has 4 nitrogen and oxygen atoms in total. The molecule has 3 N–H and O–H groups in total. The van der Waals surface area contributed by atoms with Gasteiger partial charge in [-0.2, -0.15) is 0 Å². The zero-order valence-electron chi connectivity index (χ0n) is 16.2. The topological polar surface area (TPSA) is 76.2 Å². The number of pyridine rings is 1. The molecule has 0 unspecified atom stereocenters. The van der Waals surface area contributed by atoms with Crippen LogP contribution in [0.25, 0.3) is 21.6 Å². The van der Waals surface area contributed by atoms with E-state index in [2.05, 4.69) is 18.8 Å². The van der Waals surface area contributed by atoms with Gasteiger partial charge in [0.1, 0.15) is 0 Å². The molecule has 2 heterocycles. The number of rotatable bonds is 4. The Labute approximate surface area is 169 Å². The number of carbonyl (C=O) groups is 1. The molecule has 0 radical (unpaired) electrons. The summed E-state index contributed by atoms with van der Waals surface area (Å²) in [6.45, 7) is 4.82. The third kappa shape index (κ3) is 3.36. The number of thiophene rings is 1. The van der Waals surface area contributed by atoms with Gasteiger partial charge in [-0.25, -0.2) is 4.79 Å². The van der Waals surface area contributed by atoms with E-state index in [1.54, 1.807) is 17.5 Å².